The summed E-state index contributed by atoms with van der Waals surface area (Å²) in [5, 5.41) is 0.824. The minimum Gasteiger partial charge on any atom is -0.379 e. The number of morpholine rings is 1. The molecule has 1 aliphatic heterocycles. The molecule has 0 aliphatic carbocycles. The zero-order chi connectivity index (χ0) is 18.7. The van der Waals surface area contributed by atoms with Gasteiger partial charge in [-0.3, -0.25) is 0 Å². The predicted molar refractivity (Wildman–Crippen MR) is 104 cm³/mol. The van der Waals surface area contributed by atoms with Crippen molar-refractivity contribution in [2.24, 2.45) is 0 Å². The van der Waals surface area contributed by atoms with E-state index in [1.807, 2.05) is 0 Å². The van der Waals surface area contributed by atoms with Crippen LogP contribution >= 0.6 is 11.8 Å². The van der Waals surface area contributed by atoms with E-state index in [2.05, 4.69) is 37.9 Å². The first-order chi connectivity index (χ1) is 12.4. The molecule has 3 rings (SSSR count). The summed E-state index contributed by atoms with van der Waals surface area (Å²) in [7, 11) is -3.48. The van der Waals surface area contributed by atoms with E-state index in [-0.39, 0.29) is 4.90 Å². The van der Waals surface area contributed by atoms with Gasteiger partial charge >= 0.3 is 0 Å². The Kier molecular flexibility index (Phi) is 6.02. The molecule has 5 nitrogen and oxygen atoms in total. The average Bonchev–Trinajstić information content (AvgIpc) is 2.62. The van der Waals surface area contributed by atoms with Gasteiger partial charge < -0.3 is 4.74 Å². The number of rotatable bonds is 5. The van der Waals surface area contributed by atoms with Gasteiger partial charge in [-0.25, -0.2) is 13.4 Å². The number of hydrogen-bond donors (Lipinski definition) is 0. The van der Waals surface area contributed by atoms with Crippen molar-refractivity contribution in [2.45, 2.75) is 36.4 Å². The Morgan fingerprint density at radius 2 is 1.77 bits per heavy atom. The van der Waals surface area contributed by atoms with E-state index in [4.69, 9.17) is 4.74 Å². The summed E-state index contributed by atoms with van der Waals surface area (Å²) in [5.41, 5.74) is 5.14. The monoisotopic (exact) mass is 392 g/mol. The topological polar surface area (TPSA) is 59.5 Å². The van der Waals surface area contributed by atoms with Gasteiger partial charge in [0.15, 0.2) is 0 Å². The number of aromatic nitrogens is 1. The molecule has 7 heteroatoms. The van der Waals surface area contributed by atoms with Gasteiger partial charge in [0.2, 0.25) is 10.0 Å². The van der Waals surface area contributed by atoms with Crippen molar-refractivity contribution in [1.82, 2.24) is 9.29 Å². The van der Waals surface area contributed by atoms with Crippen LogP contribution in [0.2, 0.25) is 0 Å². The summed E-state index contributed by atoms with van der Waals surface area (Å²) in [6, 6.07) is 7.81. The molecule has 1 fully saturated rings. The molecular formula is C19H24N2O3S2. The number of thioether (sulfide) groups is 1. The summed E-state index contributed by atoms with van der Waals surface area (Å²) >= 11 is 1.62. The second-order valence-corrected chi connectivity index (χ2v) is 9.45. The summed E-state index contributed by atoms with van der Waals surface area (Å²) < 4.78 is 31.9. The molecular weight excluding hydrogens is 368 g/mol. The molecule has 1 aliphatic rings. The SMILES string of the molecule is Cc1cc(C)c(CSc2ccc(S(=O)(=O)N3CCOCC3)cn2)c(C)c1. The molecule has 0 bridgehead atoms. The molecule has 140 valence electrons. The number of pyridine rings is 1. The molecule has 2 heterocycles. The van der Waals surface area contributed by atoms with Crippen LogP contribution in [0.1, 0.15) is 22.3 Å². The molecule has 0 unspecified atom stereocenters. The highest BCUT2D eigenvalue weighted by atomic mass is 32.2. The van der Waals surface area contributed by atoms with Crippen LogP contribution in [0.4, 0.5) is 0 Å². The lowest BCUT2D eigenvalue weighted by Crippen LogP contribution is -2.40. The van der Waals surface area contributed by atoms with Gasteiger partial charge in [0.25, 0.3) is 0 Å². The molecule has 1 saturated heterocycles. The maximum atomic E-state index is 12.6. The van der Waals surface area contributed by atoms with Gasteiger partial charge in [-0.1, -0.05) is 17.7 Å². The molecule has 1 aromatic heterocycles. The third-order valence-corrected chi connectivity index (χ3v) is 7.37. The maximum absolute atomic E-state index is 12.6. The number of hydrogen-bond acceptors (Lipinski definition) is 5. The zero-order valence-electron chi connectivity index (χ0n) is 15.4. The van der Waals surface area contributed by atoms with Crippen molar-refractivity contribution in [3.05, 3.63) is 52.7 Å². The van der Waals surface area contributed by atoms with Crippen LogP contribution in [0, 0.1) is 20.8 Å². The minimum absolute atomic E-state index is 0.242. The molecule has 0 radical (unpaired) electrons. The van der Waals surface area contributed by atoms with E-state index in [9.17, 15) is 8.42 Å². The fraction of sp³-hybridized carbons (Fsp3) is 0.421. The first-order valence-electron chi connectivity index (χ1n) is 8.61. The second kappa shape index (κ2) is 8.08. The highest BCUT2D eigenvalue weighted by molar-refractivity contribution is 7.98. The van der Waals surface area contributed by atoms with Crippen LogP contribution < -0.4 is 0 Å². The maximum Gasteiger partial charge on any atom is 0.244 e. The van der Waals surface area contributed by atoms with Crippen LogP contribution in [0.5, 0.6) is 0 Å². The van der Waals surface area contributed by atoms with Crippen LogP contribution in [-0.2, 0) is 20.5 Å². The van der Waals surface area contributed by atoms with E-state index in [1.165, 1.54) is 32.8 Å². The Labute approximate surface area is 159 Å². The van der Waals surface area contributed by atoms with Crippen molar-refractivity contribution < 1.29 is 13.2 Å². The molecule has 0 amide bonds. The number of ether oxygens (including phenoxy) is 1. The van der Waals surface area contributed by atoms with Crippen LogP contribution in [0.15, 0.2) is 40.4 Å². The van der Waals surface area contributed by atoms with Gasteiger partial charge in [0.1, 0.15) is 4.90 Å². The van der Waals surface area contributed by atoms with Gasteiger partial charge in [0, 0.05) is 25.0 Å². The standard InChI is InChI=1S/C19H24N2O3S2/c1-14-10-15(2)18(16(3)11-14)13-25-19-5-4-17(12-20-19)26(22,23)21-6-8-24-9-7-21/h4-5,10-12H,6-9,13H2,1-3H3. The molecule has 0 spiro atoms. The fourth-order valence-electron chi connectivity index (χ4n) is 3.12. The van der Waals surface area contributed by atoms with E-state index in [1.54, 1.807) is 23.9 Å². The summed E-state index contributed by atoms with van der Waals surface area (Å²) in [6.45, 7) is 8.02. The van der Waals surface area contributed by atoms with Crippen LogP contribution in [0.3, 0.4) is 0 Å². The van der Waals surface area contributed by atoms with Gasteiger partial charge in [-0.2, -0.15) is 4.31 Å². The first-order valence-corrected chi connectivity index (χ1v) is 11.0. The Bertz CT molecular complexity index is 851. The number of sulfonamides is 1. The largest absolute Gasteiger partial charge is 0.379 e. The second-order valence-electron chi connectivity index (χ2n) is 6.51. The molecule has 0 N–H and O–H groups in total. The first kappa shape index (κ1) is 19.4. The van der Waals surface area contributed by atoms with Gasteiger partial charge in [-0.15, -0.1) is 11.8 Å². The normalized spacial score (nSPS) is 16.0. The molecule has 1 aromatic carbocycles. The van der Waals surface area contributed by atoms with E-state index >= 15 is 0 Å². The summed E-state index contributed by atoms with van der Waals surface area (Å²) in [5.74, 6) is 0.820. The Morgan fingerprint density at radius 1 is 1.12 bits per heavy atom. The Morgan fingerprint density at radius 3 is 2.35 bits per heavy atom. The average molecular weight is 393 g/mol. The fourth-order valence-corrected chi connectivity index (χ4v) is 5.52. The lowest BCUT2D eigenvalue weighted by Gasteiger charge is -2.25. The minimum atomic E-state index is -3.48. The zero-order valence-corrected chi connectivity index (χ0v) is 17.0. The van der Waals surface area contributed by atoms with E-state index in [0.29, 0.717) is 26.3 Å². The molecule has 0 saturated carbocycles. The van der Waals surface area contributed by atoms with Crippen LogP contribution in [-0.4, -0.2) is 44.0 Å². The van der Waals surface area contributed by atoms with E-state index < -0.39 is 10.0 Å². The van der Waals surface area contributed by atoms with Crippen LogP contribution in [0.25, 0.3) is 0 Å². The third-order valence-electron chi connectivity index (χ3n) is 4.52. The van der Waals surface area contributed by atoms with Crippen molar-refractivity contribution in [2.75, 3.05) is 26.3 Å². The number of nitrogens with zero attached hydrogens (tertiary/aromatic N) is 2. The summed E-state index contributed by atoms with van der Waals surface area (Å²) in [6.07, 6.45) is 1.46. The molecule has 26 heavy (non-hydrogen) atoms. The molecule has 2 aromatic rings. The Hall–Kier alpha value is -1.41. The smallest absolute Gasteiger partial charge is 0.244 e. The van der Waals surface area contributed by atoms with E-state index in [0.717, 1.165) is 10.8 Å². The van der Waals surface area contributed by atoms with Gasteiger partial charge in [-0.05, 0) is 49.6 Å². The number of benzene rings is 1. The van der Waals surface area contributed by atoms with Crippen molar-refractivity contribution in [1.29, 1.82) is 0 Å². The highest BCUT2D eigenvalue weighted by Gasteiger charge is 2.26. The lowest BCUT2D eigenvalue weighted by molar-refractivity contribution is 0.0730. The lowest BCUT2D eigenvalue weighted by atomic mass is 10.0. The third kappa shape index (κ3) is 4.28. The van der Waals surface area contributed by atoms with Crippen molar-refractivity contribution >= 4 is 21.8 Å². The van der Waals surface area contributed by atoms with Crippen molar-refractivity contribution in [3.8, 4) is 0 Å². The Balaban J connectivity index is 1.70. The number of aryl methyl sites for hydroxylation is 3. The predicted octanol–water partition coefficient (Wildman–Crippen LogP) is 3.32. The molecule has 0 atom stereocenters. The van der Waals surface area contributed by atoms with Gasteiger partial charge in [0.05, 0.1) is 18.2 Å². The quantitative estimate of drug-likeness (QED) is 0.731. The highest BCUT2D eigenvalue weighted by Crippen LogP contribution is 2.27. The van der Waals surface area contributed by atoms with Crippen molar-refractivity contribution in [3.63, 3.8) is 0 Å². The summed E-state index contributed by atoms with van der Waals surface area (Å²) in [4.78, 5) is 4.60.